The van der Waals surface area contributed by atoms with Gasteiger partial charge in [0.15, 0.2) is 11.5 Å². The second-order valence-corrected chi connectivity index (χ2v) is 6.50. The van der Waals surface area contributed by atoms with Crippen LogP contribution in [0.15, 0.2) is 60.7 Å². The number of anilines is 2. The standard InChI is InChI=1S/C21H19ClN2O3/c1-13-16(22)6-4-8-17(13)24-18-7-3-2-5-15(18)21(27)23-12-14-9-10-19(25)20(26)11-14/h2-11,24-26H,12H2,1H3,(H,23,27). The summed E-state index contributed by atoms with van der Waals surface area (Å²) >= 11 is 6.17. The minimum Gasteiger partial charge on any atom is -0.504 e. The molecule has 3 rings (SSSR count). The lowest BCUT2D eigenvalue weighted by atomic mass is 10.1. The van der Waals surface area contributed by atoms with Crippen molar-refractivity contribution in [1.29, 1.82) is 0 Å². The number of halogens is 1. The summed E-state index contributed by atoms with van der Waals surface area (Å²) in [5.74, 6) is -0.679. The van der Waals surface area contributed by atoms with Gasteiger partial charge < -0.3 is 20.8 Å². The van der Waals surface area contributed by atoms with E-state index >= 15 is 0 Å². The van der Waals surface area contributed by atoms with E-state index in [0.717, 1.165) is 11.3 Å². The van der Waals surface area contributed by atoms with E-state index in [1.54, 1.807) is 18.2 Å². The topological polar surface area (TPSA) is 81.6 Å². The molecule has 0 saturated heterocycles. The normalized spacial score (nSPS) is 10.4. The molecule has 0 saturated carbocycles. The van der Waals surface area contributed by atoms with Crippen LogP contribution >= 0.6 is 11.6 Å². The Balaban J connectivity index is 1.77. The number of carbonyl (C=O) groups excluding carboxylic acids is 1. The maximum absolute atomic E-state index is 12.6. The molecule has 0 atom stereocenters. The first-order valence-electron chi connectivity index (χ1n) is 8.36. The number of carbonyl (C=O) groups is 1. The van der Waals surface area contributed by atoms with Gasteiger partial charge in [-0.2, -0.15) is 0 Å². The molecule has 6 heteroatoms. The first kappa shape index (κ1) is 18.6. The Kier molecular flexibility index (Phi) is 5.52. The van der Waals surface area contributed by atoms with Crippen molar-refractivity contribution in [2.75, 3.05) is 5.32 Å². The third kappa shape index (κ3) is 4.33. The van der Waals surface area contributed by atoms with Crippen LogP contribution < -0.4 is 10.6 Å². The van der Waals surface area contributed by atoms with Crippen LogP contribution in [-0.4, -0.2) is 16.1 Å². The Morgan fingerprint density at radius 3 is 2.48 bits per heavy atom. The molecule has 5 nitrogen and oxygen atoms in total. The lowest BCUT2D eigenvalue weighted by molar-refractivity contribution is 0.0951. The van der Waals surface area contributed by atoms with Gasteiger partial charge in [0.1, 0.15) is 0 Å². The summed E-state index contributed by atoms with van der Waals surface area (Å²) in [5.41, 5.74) is 3.55. The summed E-state index contributed by atoms with van der Waals surface area (Å²) < 4.78 is 0. The predicted molar refractivity (Wildman–Crippen MR) is 107 cm³/mol. The van der Waals surface area contributed by atoms with E-state index in [0.29, 0.717) is 21.8 Å². The second kappa shape index (κ2) is 8.01. The van der Waals surface area contributed by atoms with Crippen molar-refractivity contribution >= 4 is 28.9 Å². The van der Waals surface area contributed by atoms with Crippen LogP contribution in [0.4, 0.5) is 11.4 Å². The van der Waals surface area contributed by atoms with Gasteiger partial charge in [-0.05, 0) is 54.4 Å². The number of amides is 1. The smallest absolute Gasteiger partial charge is 0.253 e. The molecule has 0 aliphatic heterocycles. The SMILES string of the molecule is Cc1c(Cl)cccc1Nc1ccccc1C(=O)NCc1ccc(O)c(O)c1. The first-order chi connectivity index (χ1) is 13.0. The van der Waals surface area contributed by atoms with Crippen molar-refractivity contribution in [1.82, 2.24) is 5.32 Å². The largest absolute Gasteiger partial charge is 0.504 e. The number of phenolic OH excluding ortho intramolecular Hbond substituents is 2. The van der Waals surface area contributed by atoms with E-state index in [1.165, 1.54) is 12.1 Å². The average Bonchev–Trinajstić information content (AvgIpc) is 2.66. The summed E-state index contributed by atoms with van der Waals surface area (Å²) in [7, 11) is 0. The van der Waals surface area contributed by atoms with Gasteiger partial charge in [-0.15, -0.1) is 0 Å². The predicted octanol–water partition coefficient (Wildman–Crippen LogP) is 4.73. The van der Waals surface area contributed by atoms with Gasteiger partial charge in [-0.25, -0.2) is 0 Å². The summed E-state index contributed by atoms with van der Waals surface area (Å²) in [6, 6.07) is 17.2. The Morgan fingerprint density at radius 1 is 0.963 bits per heavy atom. The number of rotatable bonds is 5. The van der Waals surface area contributed by atoms with Crippen LogP contribution in [0, 0.1) is 6.92 Å². The van der Waals surface area contributed by atoms with Crippen molar-refractivity contribution in [2.45, 2.75) is 13.5 Å². The number of hydrogen-bond acceptors (Lipinski definition) is 4. The van der Waals surface area contributed by atoms with Crippen LogP contribution in [0.1, 0.15) is 21.5 Å². The zero-order chi connectivity index (χ0) is 19.4. The fourth-order valence-electron chi connectivity index (χ4n) is 2.63. The van der Waals surface area contributed by atoms with Gasteiger partial charge in [0, 0.05) is 17.3 Å². The quantitative estimate of drug-likeness (QED) is 0.481. The summed E-state index contributed by atoms with van der Waals surface area (Å²) in [5, 5.41) is 25.6. The maximum Gasteiger partial charge on any atom is 0.253 e. The van der Waals surface area contributed by atoms with Crippen molar-refractivity contribution in [3.8, 4) is 11.5 Å². The van der Waals surface area contributed by atoms with Gasteiger partial charge in [-0.1, -0.05) is 35.9 Å². The summed E-state index contributed by atoms with van der Waals surface area (Å²) in [6.07, 6.45) is 0. The van der Waals surface area contributed by atoms with Gasteiger partial charge in [0.05, 0.1) is 11.3 Å². The van der Waals surface area contributed by atoms with Crippen molar-refractivity contribution in [2.24, 2.45) is 0 Å². The molecule has 0 radical (unpaired) electrons. The highest BCUT2D eigenvalue weighted by Gasteiger charge is 2.12. The molecule has 138 valence electrons. The van der Waals surface area contributed by atoms with Gasteiger partial charge in [0.2, 0.25) is 0 Å². The van der Waals surface area contributed by atoms with Crippen molar-refractivity contribution < 1.29 is 15.0 Å². The lowest BCUT2D eigenvalue weighted by Gasteiger charge is -2.14. The molecule has 27 heavy (non-hydrogen) atoms. The lowest BCUT2D eigenvalue weighted by Crippen LogP contribution is -2.23. The van der Waals surface area contributed by atoms with Crippen LogP contribution in [0.5, 0.6) is 11.5 Å². The molecular formula is C21H19ClN2O3. The molecule has 0 unspecified atom stereocenters. The highest BCUT2D eigenvalue weighted by Crippen LogP contribution is 2.28. The van der Waals surface area contributed by atoms with Crippen LogP contribution in [0.2, 0.25) is 5.02 Å². The van der Waals surface area contributed by atoms with E-state index in [-0.39, 0.29) is 24.0 Å². The number of aromatic hydroxyl groups is 2. The number of para-hydroxylation sites is 1. The average molecular weight is 383 g/mol. The second-order valence-electron chi connectivity index (χ2n) is 6.09. The molecule has 4 N–H and O–H groups in total. The fraction of sp³-hybridized carbons (Fsp3) is 0.0952. The van der Waals surface area contributed by atoms with E-state index < -0.39 is 0 Å². The molecule has 0 aliphatic carbocycles. The number of hydrogen-bond donors (Lipinski definition) is 4. The van der Waals surface area contributed by atoms with Gasteiger partial charge in [0.25, 0.3) is 5.91 Å². The molecule has 0 heterocycles. The summed E-state index contributed by atoms with van der Waals surface area (Å²) in [6.45, 7) is 2.13. The Bertz CT molecular complexity index is 989. The maximum atomic E-state index is 12.6. The molecule has 0 aromatic heterocycles. The Morgan fingerprint density at radius 2 is 1.70 bits per heavy atom. The van der Waals surface area contributed by atoms with Crippen molar-refractivity contribution in [3.05, 3.63) is 82.4 Å². The number of phenols is 2. The van der Waals surface area contributed by atoms with E-state index in [4.69, 9.17) is 11.6 Å². The van der Waals surface area contributed by atoms with Gasteiger partial charge >= 0.3 is 0 Å². The zero-order valence-corrected chi connectivity index (χ0v) is 15.4. The minimum atomic E-state index is -0.259. The molecule has 3 aromatic rings. The van der Waals surface area contributed by atoms with Crippen LogP contribution in [-0.2, 0) is 6.54 Å². The number of nitrogens with one attached hydrogen (secondary N) is 2. The molecule has 0 aliphatic rings. The Hall–Kier alpha value is -3.18. The van der Waals surface area contributed by atoms with Gasteiger partial charge in [-0.3, -0.25) is 4.79 Å². The third-order valence-corrected chi connectivity index (χ3v) is 4.61. The molecule has 0 spiro atoms. The minimum absolute atomic E-state index is 0.198. The van der Waals surface area contributed by atoms with Crippen LogP contribution in [0.25, 0.3) is 0 Å². The summed E-state index contributed by atoms with van der Waals surface area (Å²) in [4.78, 5) is 12.6. The first-order valence-corrected chi connectivity index (χ1v) is 8.73. The monoisotopic (exact) mass is 382 g/mol. The molecule has 1 amide bonds. The fourth-order valence-corrected chi connectivity index (χ4v) is 2.81. The number of benzene rings is 3. The Labute approximate surface area is 162 Å². The van der Waals surface area contributed by atoms with E-state index in [9.17, 15) is 15.0 Å². The zero-order valence-electron chi connectivity index (χ0n) is 14.7. The highest BCUT2D eigenvalue weighted by molar-refractivity contribution is 6.31. The van der Waals surface area contributed by atoms with Crippen molar-refractivity contribution in [3.63, 3.8) is 0 Å². The van der Waals surface area contributed by atoms with E-state index in [1.807, 2.05) is 37.3 Å². The van der Waals surface area contributed by atoms with E-state index in [2.05, 4.69) is 10.6 Å². The highest BCUT2D eigenvalue weighted by atomic mass is 35.5. The third-order valence-electron chi connectivity index (χ3n) is 4.20. The molecule has 3 aromatic carbocycles. The molecular weight excluding hydrogens is 364 g/mol. The van der Waals surface area contributed by atoms with Crippen LogP contribution in [0.3, 0.4) is 0 Å². The molecule has 0 fully saturated rings. The molecule has 0 bridgehead atoms.